The number of aliphatic hydroxyl groups is 1. The van der Waals surface area contributed by atoms with Gasteiger partial charge in [-0.2, -0.15) is 9.57 Å². The minimum absolute atomic E-state index is 0.0171. The second-order valence-electron chi connectivity index (χ2n) is 11.6. The molecule has 252 valence electrons. The molecule has 12 nitrogen and oxygen atoms in total. The highest BCUT2D eigenvalue weighted by Gasteiger charge is 2.44. The molecular weight excluding hydrogens is 645 g/mol. The van der Waals surface area contributed by atoms with Gasteiger partial charge < -0.3 is 24.6 Å². The van der Waals surface area contributed by atoms with Crippen molar-refractivity contribution in [3.05, 3.63) is 72.8 Å². The van der Waals surface area contributed by atoms with E-state index in [9.17, 15) is 21.9 Å². The molecule has 1 unspecified atom stereocenters. The number of hydrogen-bond acceptors (Lipinski definition) is 10. The van der Waals surface area contributed by atoms with Gasteiger partial charge in [-0.15, -0.1) is 0 Å². The number of aliphatic hydroxyl groups excluding tert-OH is 1. The van der Waals surface area contributed by atoms with Crippen molar-refractivity contribution in [2.75, 3.05) is 46.0 Å². The van der Waals surface area contributed by atoms with Crippen LogP contribution in [0.25, 0.3) is 11.1 Å². The number of para-hydroxylation sites is 1. The van der Waals surface area contributed by atoms with E-state index in [0.717, 1.165) is 11.1 Å². The molecule has 2 atom stereocenters. The van der Waals surface area contributed by atoms with E-state index in [-0.39, 0.29) is 47.9 Å². The number of hydrogen-bond donors (Lipinski definition) is 3. The first-order chi connectivity index (χ1) is 22.5. The van der Waals surface area contributed by atoms with Crippen molar-refractivity contribution in [1.29, 1.82) is 5.26 Å². The fraction of sp³-hybridized carbons (Fsp3) is 0.424. The van der Waals surface area contributed by atoms with Crippen molar-refractivity contribution in [3.8, 4) is 28.7 Å². The van der Waals surface area contributed by atoms with Gasteiger partial charge in [-0.3, -0.25) is 0 Å². The largest absolute Gasteiger partial charge is 0.489 e. The van der Waals surface area contributed by atoms with E-state index in [1.54, 1.807) is 55.5 Å². The molecule has 14 heteroatoms. The van der Waals surface area contributed by atoms with Gasteiger partial charge in [-0.05, 0) is 66.8 Å². The molecule has 0 bridgehead atoms. The molecule has 2 aliphatic heterocycles. The number of sulfonamides is 2. The molecule has 3 aromatic carbocycles. The van der Waals surface area contributed by atoms with Gasteiger partial charge in [0, 0.05) is 32.2 Å². The Kier molecular flexibility index (Phi) is 11.2. The Hall–Kier alpha value is -3.55. The molecule has 1 spiro atoms. The van der Waals surface area contributed by atoms with Gasteiger partial charge in [0.15, 0.2) is 6.61 Å². The van der Waals surface area contributed by atoms with E-state index in [1.807, 2.05) is 24.3 Å². The highest BCUT2D eigenvalue weighted by Crippen LogP contribution is 2.38. The van der Waals surface area contributed by atoms with Gasteiger partial charge >= 0.3 is 0 Å². The summed E-state index contributed by atoms with van der Waals surface area (Å²) in [6, 6.07) is 22.2. The molecule has 5 rings (SSSR count). The summed E-state index contributed by atoms with van der Waals surface area (Å²) in [5.74, 6) is 0.732. The van der Waals surface area contributed by atoms with Gasteiger partial charge in [0.1, 0.15) is 35.2 Å². The molecule has 2 heterocycles. The van der Waals surface area contributed by atoms with Crippen LogP contribution in [0.5, 0.6) is 11.5 Å². The summed E-state index contributed by atoms with van der Waals surface area (Å²) in [6.07, 6.45) is 0.898. The highest BCUT2D eigenvalue weighted by molar-refractivity contribution is 7.89. The summed E-state index contributed by atoms with van der Waals surface area (Å²) in [5.41, 5.74) is 1.15. The van der Waals surface area contributed by atoms with Crippen molar-refractivity contribution in [3.63, 3.8) is 0 Å². The molecular formula is C33H40N4O8S2. The van der Waals surface area contributed by atoms with Crippen LogP contribution in [-0.2, 0) is 24.8 Å². The van der Waals surface area contributed by atoms with Gasteiger partial charge in [0.2, 0.25) is 20.0 Å². The minimum atomic E-state index is -3.73. The lowest BCUT2D eigenvalue weighted by Gasteiger charge is -2.38. The third-order valence-corrected chi connectivity index (χ3v) is 11.8. The molecule has 47 heavy (non-hydrogen) atoms. The lowest BCUT2D eigenvalue weighted by molar-refractivity contribution is -0.0312. The van der Waals surface area contributed by atoms with Crippen LogP contribution in [0.2, 0.25) is 0 Å². The quantitative estimate of drug-likeness (QED) is 0.230. The number of nitriles is 1. The smallest absolute Gasteiger partial charge is 0.244 e. The SMILES string of the molecule is CCNS(=O)(=O)c1ccccc1OC[C@@H](O)CNC1COC2(CCN(S(=O)(=O)c3cccc(-c4ccc(OCC#N)cc4)c3)CC2)C1. The number of piperidine rings is 1. The number of nitrogens with zero attached hydrogens (tertiary/aromatic N) is 2. The first kappa shape index (κ1) is 34.8. The van der Waals surface area contributed by atoms with E-state index >= 15 is 0 Å². The van der Waals surface area contributed by atoms with Crippen LogP contribution in [0.1, 0.15) is 26.2 Å². The summed E-state index contributed by atoms with van der Waals surface area (Å²) in [4.78, 5) is 0.240. The normalized spacial score (nSPS) is 18.9. The summed E-state index contributed by atoms with van der Waals surface area (Å²) in [5, 5.41) is 22.6. The highest BCUT2D eigenvalue weighted by atomic mass is 32.2. The number of benzene rings is 3. The first-order valence-electron chi connectivity index (χ1n) is 15.5. The Morgan fingerprint density at radius 1 is 1.02 bits per heavy atom. The number of rotatable bonds is 14. The maximum atomic E-state index is 13.6. The maximum Gasteiger partial charge on any atom is 0.244 e. The van der Waals surface area contributed by atoms with E-state index in [1.165, 1.54) is 10.4 Å². The molecule has 3 N–H and O–H groups in total. The summed E-state index contributed by atoms with van der Waals surface area (Å²) in [6.45, 7) is 3.11. The molecule has 2 aliphatic rings. The van der Waals surface area contributed by atoms with E-state index in [2.05, 4.69) is 10.0 Å². The Morgan fingerprint density at radius 2 is 1.77 bits per heavy atom. The molecule has 0 amide bonds. The Balaban J connectivity index is 1.11. The standard InChI is InChI=1S/C33H40N4O8S2/c1-2-36-46(39,40)32-9-4-3-8-31(32)44-24-28(38)22-35-27-21-33(45-23-27)14-17-37(18-15-33)47(41,42)30-7-5-6-26(20-30)25-10-12-29(13-11-25)43-19-16-34/h3-13,20,27-28,35-36,38H,2,14-15,17-19,21-24H2,1H3/t27?,28-/m0/s1. The zero-order valence-electron chi connectivity index (χ0n) is 26.2. The summed E-state index contributed by atoms with van der Waals surface area (Å²) < 4.78 is 73.3. The zero-order chi connectivity index (χ0) is 33.5. The lowest BCUT2D eigenvalue weighted by atomic mass is 9.88. The Morgan fingerprint density at radius 3 is 2.49 bits per heavy atom. The van der Waals surface area contributed by atoms with Crippen molar-refractivity contribution < 1.29 is 36.2 Å². The van der Waals surface area contributed by atoms with Crippen LogP contribution < -0.4 is 19.5 Å². The summed E-state index contributed by atoms with van der Waals surface area (Å²) >= 11 is 0. The Labute approximate surface area is 276 Å². The monoisotopic (exact) mass is 684 g/mol. The fourth-order valence-electron chi connectivity index (χ4n) is 5.91. The van der Waals surface area contributed by atoms with Gasteiger partial charge in [0.25, 0.3) is 0 Å². The second kappa shape index (κ2) is 15.1. The predicted molar refractivity (Wildman–Crippen MR) is 175 cm³/mol. The van der Waals surface area contributed by atoms with E-state index in [0.29, 0.717) is 44.7 Å². The van der Waals surface area contributed by atoms with Crippen LogP contribution >= 0.6 is 0 Å². The van der Waals surface area contributed by atoms with Crippen molar-refractivity contribution in [2.45, 2.75) is 53.7 Å². The van der Waals surface area contributed by atoms with Gasteiger partial charge in [-0.1, -0.05) is 43.3 Å². The van der Waals surface area contributed by atoms with Gasteiger partial charge in [0.05, 0.1) is 17.1 Å². The van der Waals surface area contributed by atoms with Crippen LogP contribution in [0.15, 0.2) is 82.6 Å². The average molecular weight is 685 g/mol. The molecule has 2 fully saturated rings. The molecule has 0 radical (unpaired) electrons. The first-order valence-corrected chi connectivity index (χ1v) is 18.4. The predicted octanol–water partition coefficient (Wildman–Crippen LogP) is 2.90. The number of nitrogens with one attached hydrogen (secondary N) is 2. The molecule has 0 aromatic heterocycles. The molecule has 0 aliphatic carbocycles. The third-order valence-electron chi connectivity index (χ3n) is 8.35. The number of ether oxygens (including phenoxy) is 3. The van der Waals surface area contributed by atoms with E-state index in [4.69, 9.17) is 19.5 Å². The lowest BCUT2D eigenvalue weighted by Crippen LogP contribution is -2.47. The third kappa shape index (κ3) is 8.49. The second-order valence-corrected chi connectivity index (χ2v) is 15.3. The van der Waals surface area contributed by atoms with Crippen LogP contribution in [0.3, 0.4) is 0 Å². The maximum absolute atomic E-state index is 13.6. The molecule has 0 saturated carbocycles. The minimum Gasteiger partial charge on any atom is -0.489 e. The van der Waals surface area contributed by atoms with Gasteiger partial charge in [-0.25, -0.2) is 21.6 Å². The van der Waals surface area contributed by atoms with Crippen LogP contribution in [0.4, 0.5) is 0 Å². The van der Waals surface area contributed by atoms with Crippen molar-refractivity contribution in [1.82, 2.24) is 14.3 Å². The zero-order valence-corrected chi connectivity index (χ0v) is 27.8. The average Bonchev–Trinajstić information content (AvgIpc) is 3.47. The van der Waals surface area contributed by atoms with E-state index < -0.39 is 31.8 Å². The summed E-state index contributed by atoms with van der Waals surface area (Å²) in [7, 11) is -7.44. The molecule has 3 aromatic rings. The van der Waals surface area contributed by atoms with Crippen LogP contribution in [-0.4, -0.2) is 90.0 Å². The fourth-order valence-corrected chi connectivity index (χ4v) is 8.58. The van der Waals surface area contributed by atoms with Crippen molar-refractivity contribution >= 4 is 20.0 Å². The Bertz CT molecular complexity index is 1770. The van der Waals surface area contributed by atoms with Crippen molar-refractivity contribution in [2.24, 2.45) is 0 Å². The topological polar surface area (TPSA) is 167 Å². The molecule has 2 saturated heterocycles. The van der Waals surface area contributed by atoms with Crippen LogP contribution in [0, 0.1) is 11.3 Å².